The van der Waals surface area contributed by atoms with E-state index in [9.17, 15) is 4.79 Å². The molecule has 1 amide bonds. The summed E-state index contributed by atoms with van der Waals surface area (Å²) in [4.78, 5) is 12.1. The van der Waals surface area contributed by atoms with Gasteiger partial charge in [-0.2, -0.15) is 0 Å². The fraction of sp³-hybridized carbons (Fsp3) is 0.632. The monoisotopic (exact) mass is 351 g/mol. The van der Waals surface area contributed by atoms with E-state index in [-0.39, 0.29) is 5.91 Å². The number of benzene rings is 1. The minimum absolute atomic E-state index is 0.208. The van der Waals surface area contributed by atoms with Crippen LogP contribution < -0.4 is 5.32 Å². The Bertz CT molecular complexity index is 458. The Morgan fingerprint density at radius 2 is 2.04 bits per heavy atom. The van der Waals surface area contributed by atoms with Gasteiger partial charge in [0, 0.05) is 29.9 Å². The van der Waals surface area contributed by atoms with Gasteiger partial charge < -0.3 is 5.32 Å². The van der Waals surface area contributed by atoms with Crippen LogP contribution in [0.25, 0.3) is 0 Å². The molecule has 0 spiro atoms. The molecule has 128 valence electrons. The van der Waals surface area contributed by atoms with Gasteiger partial charge in [-0.25, -0.2) is 0 Å². The smallest absolute Gasteiger partial charge is 0.220 e. The average Bonchev–Trinajstić information content (AvgIpc) is 3.06. The molecule has 2 atom stereocenters. The molecule has 0 radical (unpaired) electrons. The van der Waals surface area contributed by atoms with Crippen molar-refractivity contribution in [3.63, 3.8) is 0 Å². The molecule has 1 aliphatic heterocycles. The number of carbonyl (C=O) groups excluding carboxylic acids is 1. The Hall–Kier alpha value is -0.610. The fourth-order valence-corrected chi connectivity index (χ4v) is 6.00. The number of amides is 1. The fourth-order valence-electron chi connectivity index (χ4n) is 2.97. The standard InChI is InChI=1S/C19H29NOS2/c1-15(2)18(16-8-4-3-5-9-16)14-20-19(21)11-7-6-10-17-12-13-22-23-17/h3-5,8-9,15,17-18H,6-7,10-14H2,1-2H3,(H,20,21). The first-order valence-electron chi connectivity index (χ1n) is 8.76. The maximum Gasteiger partial charge on any atom is 0.220 e. The first kappa shape index (κ1) is 18.7. The van der Waals surface area contributed by atoms with E-state index in [1.165, 1.54) is 30.6 Å². The van der Waals surface area contributed by atoms with Crippen molar-refractivity contribution < 1.29 is 4.79 Å². The zero-order chi connectivity index (χ0) is 16.5. The second kappa shape index (κ2) is 10.3. The van der Waals surface area contributed by atoms with Crippen LogP contribution in [0.3, 0.4) is 0 Å². The lowest BCUT2D eigenvalue weighted by molar-refractivity contribution is -0.121. The molecule has 0 bridgehead atoms. The summed E-state index contributed by atoms with van der Waals surface area (Å²) in [5.74, 6) is 2.42. The van der Waals surface area contributed by atoms with Gasteiger partial charge in [0.25, 0.3) is 0 Å². The molecule has 2 rings (SSSR count). The summed E-state index contributed by atoms with van der Waals surface area (Å²) in [6.45, 7) is 5.19. The number of unbranched alkanes of at least 4 members (excludes halogenated alkanes) is 1. The van der Waals surface area contributed by atoms with Gasteiger partial charge in [-0.3, -0.25) is 4.79 Å². The van der Waals surface area contributed by atoms with E-state index in [0.717, 1.165) is 18.2 Å². The average molecular weight is 352 g/mol. The van der Waals surface area contributed by atoms with Gasteiger partial charge >= 0.3 is 0 Å². The number of hydrogen-bond donors (Lipinski definition) is 1. The number of rotatable bonds is 9. The van der Waals surface area contributed by atoms with Crippen LogP contribution in [0.15, 0.2) is 30.3 Å². The van der Waals surface area contributed by atoms with Crippen LogP contribution >= 0.6 is 21.6 Å². The summed E-state index contributed by atoms with van der Waals surface area (Å²) in [6.07, 6.45) is 5.48. The third kappa shape index (κ3) is 6.80. The maximum atomic E-state index is 12.1. The van der Waals surface area contributed by atoms with Gasteiger partial charge in [0.05, 0.1) is 0 Å². The molecule has 1 aromatic carbocycles. The van der Waals surface area contributed by atoms with E-state index in [2.05, 4.69) is 43.4 Å². The lowest BCUT2D eigenvalue weighted by Gasteiger charge is -2.22. The van der Waals surface area contributed by atoms with Crippen molar-refractivity contribution >= 4 is 27.5 Å². The Morgan fingerprint density at radius 3 is 2.70 bits per heavy atom. The third-order valence-electron chi connectivity index (χ3n) is 4.46. The van der Waals surface area contributed by atoms with Gasteiger partial charge in [-0.05, 0) is 30.7 Å². The highest BCUT2D eigenvalue weighted by Crippen LogP contribution is 2.39. The summed E-state index contributed by atoms with van der Waals surface area (Å²) in [5, 5.41) is 3.97. The molecular formula is C19H29NOS2. The molecule has 1 heterocycles. The SMILES string of the molecule is CC(C)C(CNC(=O)CCCCC1CCSS1)c1ccccc1. The Labute approximate surface area is 149 Å². The molecule has 0 aromatic heterocycles. The highest BCUT2D eigenvalue weighted by molar-refractivity contribution is 8.77. The van der Waals surface area contributed by atoms with Gasteiger partial charge in [0.2, 0.25) is 5.91 Å². The van der Waals surface area contributed by atoms with Crippen molar-refractivity contribution in [1.29, 1.82) is 0 Å². The highest BCUT2D eigenvalue weighted by atomic mass is 33.1. The first-order valence-corrected chi connectivity index (χ1v) is 11.1. The topological polar surface area (TPSA) is 29.1 Å². The quantitative estimate of drug-likeness (QED) is 0.486. The molecule has 4 heteroatoms. The molecule has 0 aliphatic carbocycles. The normalized spacial score (nSPS) is 19.0. The van der Waals surface area contributed by atoms with Crippen LogP contribution in [0, 0.1) is 5.92 Å². The van der Waals surface area contributed by atoms with E-state index < -0.39 is 0 Å². The van der Waals surface area contributed by atoms with Crippen LogP contribution in [0.2, 0.25) is 0 Å². The number of carbonyl (C=O) groups is 1. The molecule has 2 unspecified atom stereocenters. The van der Waals surface area contributed by atoms with Gasteiger partial charge in [0.1, 0.15) is 0 Å². The molecular weight excluding hydrogens is 322 g/mol. The third-order valence-corrected chi connectivity index (χ3v) is 7.47. The Morgan fingerprint density at radius 1 is 1.26 bits per heavy atom. The van der Waals surface area contributed by atoms with Crippen molar-refractivity contribution in [2.75, 3.05) is 12.3 Å². The zero-order valence-electron chi connectivity index (χ0n) is 14.3. The van der Waals surface area contributed by atoms with E-state index >= 15 is 0 Å². The molecule has 1 fully saturated rings. The Balaban J connectivity index is 1.65. The second-order valence-corrected chi connectivity index (χ2v) is 9.43. The van der Waals surface area contributed by atoms with Crippen molar-refractivity contribution in [1.82, 2.24) is 5.32 Å². The summed E-state index contributed by atoms with van der Waals surface area (Å²) < 4.78 is 0. The lowest BCUT2D eigenvalue weighted by Crippen LogP contribution is -2.30. The van der Waals surface area contributed by atoms with Crippen LogP contribution in [-0.2, 0) is 4.79 Å². The largest absolute Gasteiger partial charge is 0.355 e. The minimum Gasteiger partial charge on any atom is -0.355 e. The highest BCUT2D eigenvalue weighted by Gasteiger charge is 2.17. The van der Waals surface area contributed by atoms with Gasteiger partial charge in [-0.1, -0.05) is 72.2 Å². The van der Waals surface area contributed by atoms with Crippen LogP contribution in [0.4, 0.5) is 0 Å². The second-order valence-electron chi connectivity index (χ2n) is 6.64. The van der Waals surface area contributed by atoms with Crippen molar-refractivity contribution in [3.8, 4) is 0 Å². The molecule has 0 saturated carbocycles. The van der Waals surface area contributed by atoms with E-state index in [4.69, 9.17) is 0 Å². The minimum atomic E-state index is 0.208. The lowest BCUT2D eigenvalue weighted by atomic mass is 9.88. The van der Waals surface area contributed by atoms with Crippen LogP contribution in [0.5, 0.6) is 0 Å². The molecule has 23 heavy (non-hydrogen) atoms. The molecule has 1 N–H and O–H groups in total. The first-order chi connectivity index (χ1) is 11.2. The van der Waals surface area contributed by atoms with Crippen LogP contribution in [-0.4, -0.2) is 23.5 Å². The summed E-state index contributed by atoms with van der Waals surface area (Å²) >= 11 is 0. The van der Waals surface area contributed by atoms with E-state index in [1.54, 1.807) is 0 Å². The number of hydrogen-bond acceptors (Lipinski definition) is 3. The van der Waals surface area contributed by atoms with E-state index in [1.807, 2.05) is 27.7 Å². The molecule has 1 aliphatic rings. The predicted octanol–water partition coefficient (Wildman–Crippen LogP) is 5.26. The molecule has 1 aromatic rings. The Kier molecular flexibility index (Phi) is 8.38. The van der Waals surface area contributed by atoms with Crippen LogP contribution in [0.1, 0.15) is 57.4 Å². The summed E-state index contributed by atoms with van der Waals surface area (Å²) in [6, 6.07) is 10.5. The van der Waals surface area contributed by atoms with Crippen molar-refractivity contribution in [2.45, 2.75) is 57.1 Å². The van der Waals surface area contributed by atoms with Gasteiger partial charge in [0.15, 0.2) is 0 Å². The van der Waals surface area contributed by atoms with Gasteiger partial charge in [-0.15, -0.1) is 0 Å². The summed E-state index contributed by atoms with van der Waals surface area (Å²) in [7, 11) is 4.03. The van der Waals surface area contributed by atoms with Crippen molar-refractivity contribution in [3.05, 3.63) is 35.9 Å². The van der Waals surface area contributed by atoms with Crippen molar-refractivity contribution in [2.24, 2.45) is 5.92 Å². The van der Waals surface area contributed by atoms with E-state index in [0.29, 0.717) is 18.3 Å². The molecule has 1 saturated heterocycles. The predicted molar refractivity (Wildman–Crippen MR) is 104 cm³/mol. The molecule has 2 nitrogen and oxygen atoms in total. The maximum absolute atomic E-state index is 12.1. The zero-order valence-corrected chi connectivity index (χ0v) is 15.9. The number of nitrogens with one attached hydrogen (secondary N) is 1. The summed E-state index contributed by atoms with van der Waals surface area (Å²) in [5.41, 5.74) is 1.32.